The second kappa shape index (κ2) is 8.43. The van der Waals surface area contributed by atoms with Gasteiger partial charge in [0.15, 0.2) is 5.69 Å². The number of hydrogen-bond donors (Lipinski definition) is 3. The van der Waals surface area contributed by atoms with Crippen LogP contribution >= 0.6 is 0 Å². The van der Waals surface area contributed by atoms with E-state index in [4.69, 9.17) is 5.11 Å². The fraction of sp³-hybridized carbons (Fsp3) is 0.158. The molecule has 2 aromatic carbocycles. The average molecular weight is 430 g/mol. The highest BCUT2D eigenvalue weighted by atomic mass is 32.2. The number of carbonyl (C=O) groups excluding carboxylic acids is 1. The second-order valence-electron chi connectivity index (χ2n) is 6.32. The van der Waals surface area contributed by atoms with Gasteiger partial charge in [-0.05, 0) is 30.7 Å². The molecule has 156 valence electrons. The van der Waals surface area contributed by atoms with E-state index in [-0.39, 0.29) is 39.0 Å². The number of hydrogen-bond acceptors (Lipinski definition) is 6. The van der Waals surface area contributed by atoms with Crippen LogP contribution in [0.25, 0.3) is 10.8 Å². The first-order valence-electron chi connectivity index (χ1n) is 8.90. The molecular formula is C19H18N4O6S. The molecule has 1 amide bonds. The van der Waals surface area contributed by atoms with Crippen molar-refractivity contribution >= 4 is 32.7 Å². The average Bonchev–Trinajstić information content (AvgIpc) is 2.74. The molecule has 0 spiro atoms. The van der Waals surface area contributed by atoms with Gasteiger partial charge in [0.05, 0.1) is 15.8 Å². The Bertz CT molecular complexity index is 1300. The van der Waals surface area contributed by atoms with E-state index < -0.39 is 21.9 Å². The SMILES string of the molecule is CCCn1nc(C(=O)NNS(=O)(=O)c2cccc(C(=O)O)c2)c2ccccc2c1=O. The minimum atomic E-state index is -4.24. The number of aromatic carboxylic acids is 1. The molecular weight excluding hydrogens is 412 g/mol. The third-order valence-electron chi connectivity index (χ3n) is 4.21. The van der Waals surface area contributed by atoms with Crippen molar-refractivity contribution < 1.29 is 23.1 Å². The molecule has 0 saturated carbocycles. The van der Waals surface area contributed by atoms with E-state index in [0.29, 0.717) is 6.42 Å². The lowest BCUT2D eigenvalue weighted by Crippen LogP contribution is -2.42. The number of hydrazine groups is 1. The van der Waals surface area contributed by atoms with Crippen LogP contribution in [-0.4, -0.2) is 35.2 Å². The standard InChI is InChI=1S/C19H18N4O6S/c1-2-10-23-18(25)15-9-4-3-8-14(15)16(21-23)17(24)20-22-30(28,29)13-7-5-6-12(11-13)19(26)27/h3-9,11,22H,2,10H2,1H3,(H,20,24)(H,26,27). The molecule has 1 heterocycles. The predicted octanol–water partition coefficient (Wildman–Crippen LogP) is 1.13. The quantitative estimate of drug-likeness (QED) is 0.476. The first-order valence-corrected chi connectivity index (χ1v) is 10.4. The maximum Gasteiger partial charge on any atom is 0.335 e. The summed E-state index contributed by atoms with van der Waals surface area (Å²) < 4.78 is 26.0. The summed E-state index contributed by atoms with van der Waals surface area (Å²) in [5.74, 6) is -2.15. The van der Waals surface area contributed by atoms with Gasteiger partial charge >= 0.3 is 5.97 Å². The molecule has 0 aliphatic carbocycles. The van der Waals surface area contributed by atoms with E-state index >= 15 is 0 Å². The van der Waals surface area contributed by atoms with Crippen molar-refractivity contribution in [3.05, 3.63) is 70.1 Å². The molecule has 0 radical (unpaired) electrons. The zero-order chi connectivity index (χ0) is 21.9. The Morgan fingerprint density at radius 1 is 1.10 bits per heavy atom. The van der Waals surface area contributed by atoms with Crippen molar-refractivity contribution in [1.29, 1.82) is 0 Å². The second-order valence-corrected chi connectivity index (χ2v) is 8.00. The molecule has 0 saturated heterocycles. The van der Waals surface area contributed by atoms with Crippen LogP contribution in [0.4, 0.5) is 0 Å². The van der Waals surface area contributed by atoms with Gasteiger partial charge in [-0.25, -0.2) is 17.9 Å². The van der Waals surface area contributed by atoms with Crippen LogP contribution in [0.15, 0.2) is 58.2 Å². The van der Waals surface area contributed by atoms with Gasteiger partial charge in [0, 0.05) is 11.9 Å². The lowest BCUT2D eigenvalue weighted by Gasteiger charge is -2.12. The molecule has 0 atom stereocenters. The van der Waals surface area contributed by atoms with E-state index in [9.17, 15) is 22.8 Å². The number of nitrogens with one attached hydrogen (secondary N) is 2. The normalized spacial score (nSPS) is 11.4. The Kier molecular flexibility index (Phi) is 5.94. The molecule has 3 aromatic rings. The summed E-state index contributed by atoms with van der Waals surface area (Å²) in [6, 6.07) is 11.1. The number of carbonyl (C=O) groups is 2. The summed E-state index contributed by atoms with van der Waals surface area (Å²) in [5, 5.41) is 13.7. The van der Waals surface area contributed by atoms with E-state index in [1.54, 1.807) is 24.3 Å². The summed E-state index contributed by atoms with van der Waals surface area (Å²) >= 11 is 0. The smallest absolute Gasteiger partial charge is 0.335 e. The third-order valence-corrected chi connectivity index (χ3v) is 5.45. The van der Waals surface area contributed by atoms with Crippen LogP contribution in [-0.2, 0) is 16.6 Å². The molecule has 0 bridgehead atoms. The van der Waals surface area contributed by atoms with Crippen molar-refractivity contribution in [1.82, 2.24) is 20.0 Å². The highest BCUT2D eigenvalue weighted by Crippen LogP contribution is 2.14. The van der Waals surface area contributed by atoms with Crippen molar-refractivity contribution in [3.63, 3.8) is 0 Å². The molecule has 10 nitrogen and oxygen atoms in total. The Morgan fingerprint density at radius 2 is 1.80 bits per heavy atom. The number of aryl methyl sites for hydroxylation is 1. The van der Waals surface area contributed by atoms with Crippen LogP contribution in [0.2, 0.25) is 0 Å². The van der Waals surface area contributed by atoms with Crippen LogP contribution in [0, 0.1) is 0 Å². The Labute approximate surface area is 171 Å². The van der Waals surface area contributed by atoms with Crippen molar-refractivity contribution in [3.8, 4) is 0 Å². The zero-order valence-electron chi connectivity index (χ0n) is 15.8. The van der Waals surface area contributed by atoms with Gasteiger partial charge in [0.2, 0.25) is 0 Å². The largest absolute Gasteiger partial charge is 0.478 e. The molecule has 1 aromatic heterocycles. The molecule has 0 aliphatic rings. The number of benzene rings is 2. The summed E-state index contributed by atoms with van der Waals surface area (Å²) in [6.45, 7) is 2.14. The van der Waals surface area contributed by atoms with Gasteiger partial charge in [-0.15, -0.1) is 4.83 Å². The highest BCUT2D eigenvalue weighted by Gasteiger charge is 2.20. The van der Waals surface area contributed by atoms with Gasteiger partial charge in [0.1, 0.15) is 0 Å². The number of carboxylic acids is 1. The Balaban J connectivity index is 1.92. The number of rotatable bonds is 7. The number of carboxylic acid groups (broad SMARTS) is 1. The summed E-state index contributed by atoms with van der Waals surface area (Å²) in [7, 11) is -4.24. The molecule has 0 fully saturated rings. The van der Waals surface area contributed by atoms with Gasteiger partial charge in [0.25, 0.3) is 21.5 Å². The highest BCUT2D eigenvalue weighted by molar-refractivity contribution is 7.89. The Morgan fingerprint density at radius 3 is 2.47 bits per heavy atom. The van der Waals surface area contributed by atoms with Crippen LogP contribution in [0.1, 0.15) is 34.2 Å². The van der Waals surface area contributed by atoms with Crippen molar-refractivity contribution in [2.24, 2.45) is 0 Å². The third kappa shape index (κ3) is 4.21. The minimum absolute atomic E-state index is 0.124. The number of nitrogens with zero attached hydrogens (tertiary/aromatic N) is 2. The van der Waals surface area contributed by atoms with Gasteiger partial charge in [-0.2, -0.15) is 5.10 Å². The van der Waals surface area contributed by atoms with Crippen molar-refractivity contribution in [2.75, 3.05) is 0 Å². The molecule has 11 heteroatoms. The fourth-order valence-corrected chi connectivity index (χ4v) is 3.68. The lowest BCUT2D eigenvalue weighted by atomic mass is 10.1. The van der Waals surface area contributed by atoms with Crippen LogP contribution < -0.4 is 15.8 Å². The summed E-state index contributed by atoms with van der Waals surface area (Å²) in [6.07, 6.45) is 0.610. The zero-order valence-corrected chi connectivity index (χ0v) is 16.6. The molecule has 0 aliphatic heterocycles. The maximum atomic E-state index is 12.7. The first-order chi connectivity index (χ1) is 14.2. The molecule has 0 unspecified atom stereocenters. The maximum absolute atomic E-state index is 12.7. The summed E-state index contributed by atoms with van der Waals surface area (Å²) in [4.78, 5) is 37.8. The van der Waals surface area contributed by atoms with Crippen LogP contribution in [0.5, 0.6) is 0 Å². The predicted molar refractivity (Wildman–Crippen MR) is 107 cm³/mol. The molecule has 3 N–H and O–H groups in total. The fourth-order valence-electron chi connectivity index (χ4n) is 2.79. The van der Waals surface area contributed by atoms with Gasteiger partial charge in [-0.1, -0.05) is 31.2 Å². The van der Waals surface area contributed by atoms with Gasteiger partial charge in [-0.3, -0.25) is 15.0 Å². The number of fused-ring (bicyclic) bond motifs is 1. The topological polar surface area (TPSA) is 147 Å². The van der Waals surface area contributed by atoms with E-state index in [0.717, 1.165) is 10.7 Å². The van der Waals surface area contributed by atoms with E-state index in [1.165, 1.54) is 18.2 Å². The summed E-state index contributed by atoms with van der Waals surface area (Å²) in [5.41, 5.74) is 1.37. The monoisotopic (exact) mass is 430 g/mol. The van der Waals surface area contributed by atoms with Crippen molar-refractivity contribution in [2.45, 2.75) is 24.8 Å². The Hall–Kier alpha value is -3.57. The first kappa shape index (κ1) is 21.1. The number of sulfonamides is 1. The lowest BCUT2D eigenvalue weighted by molar-refractivity contribution is 0.0696. The molecule has 30 heavy (non-hydrogen) atoms. The minimum Gasteiger partial charge on any atom is -0.478 e. The number of amides is 1. The van der Waals surface area contributed by atoms with E-state index in [1.807, 2.05) is 11.8 Å². The molecule has 3 rings (SSSR count). The van der Waals surface area contributed by atoms with Gasteiger partial charge < -0.3 is 5.11 Å². The van der Waals surface area contributed by atoms with E-state index in [2.05, 4.69) is 10.5 Å². The number of aromatic nitrogens is 2. The van der Waals surface area contributed by atoms with Crippen LogP contribution in [0.3, 0.4) is 0 Å².